The van der Waals surface area contributed by atoms with Crippen molar-refractivity contribution in [2.24, 2.45) is 5.92 Å². The van der Waals surface area contributed by atoms with E-state index in [4.69, 9.17) is 4.74 Å². The smallest absolute Gasteiger partial charge is 0.281 e. The molecule has 0 bridgehead atoms. The van der Waals surface area contributed by atoms with Crippen LogP contribution >= 0.6 is 0 Å². The van der Waals surface area contributed by atoms with Gasteiger partial charge in [-0.15, -0.1) is 10.2 Å². The molecule has 202 valence electrons. The fourth-order valence-corrected chi connectivity index (χ4v) is 6.81. The van der Waals surface area contributed by atoms with Gasteiger partial charge in [0.05, 0.1) is 13.2 Å². The molecule has 1 amide bonds. The maximum absolute atomic E-state index is 13.2. The second-order valence-electron chi connectivity index (χ2n) is 9.69. The maximum Gasteiger partial charge on any atom is 0.281 e. The van der Waals surface area contributed by atoms with Crippen LogP contribution in [0.25, 0.3) is 0 Å². The molecule has 0 saturated carbocycles. The molecular formula is C24H41N7O4S. The molecule has 3 saturated heterocycles. The topological polar surface area (TPSA) is 102 Å². The SMILES string of the molecule is CCCCN(CC)S(=O)(=O)N1CCC(C(=O)N2CCN(c3ccc(N4CCOCC4)nn3)CC2)CC1. The summed E-state index contributed by atoms with van der Waals surface area (Å²) in [5.74, 6) is 1.75. The number of aromatic nitrogens is 2. The number of anilines is 2. The molecule has 11 nitrogen and oxygen atoms in total. The van der Waals surface area contributed by atoms with Gasteiger partial charge in [-0.2, -0.15) is 17.0 Å². The van der Waals surface area contributed by atoms with Crippen LogP contribution in [-0.4, -0.2) is 117 Å². The monoisotopic (exact) mass is 523 g/mol. The van der Waals surface area contributed by atoms with Gasteiger partial charge in [0.25, 0.3) is 10.2 Å². The number of carbonyl (C=O) groups is 1. The number of rotatable bonds is 9. The van der Waals surface area contributed by atoms with Crippen molar-refractivity contribution in [3.05, 3.63) is 12.1 Å². The van der Waals surface area contributed by atoms with Crippen LogP contribution in [0.4, 0.5) is 11.6 Å². The first-order valence-corrected chi connectivity index (χ1v) is 14.8. The normalized spacial score (nSPS) is 20.8. The molecule has 0 aliphatic carbocycles. The first kappa shape index (κ1) is 27.0. The predicted octanol–water partition coefficient (Wildman–Crippen LogP) is 1.04. The molecule has 1 aromatic rings. The van der Waals surface area contributed by atoms with Gasteiger partial charge in [-0.1, -0.05) is 20.3 Å². The van der Waals surface area contributed by atoms with E-state index in [0.717, 1.165) is 37.6 Å². The molecule has 1 aromatic heterocycles. The minimum atomic E-state index is -3.46. The molecule has 0 unspecified atom stereocenters. The standard InChI is InChI=1S/C24H41N7O4S/c1-3-5-10-30(4-2)36(33,34)31-11-8-21(9-12-31)24(32)29-15-13-27(14-16-29)22-6-7-23(26-25-22)28-17-19-35-20-18-28/h6-7,21H,3-5,8-20H2,1-2H3. The molecule has 3 aliphatic heterocycles. The Bertz CT molecular complexity index is 940. The first-order chi connectivity index (χ1) is 17.4. The van der Waals surface area contributed by atoms with Crippen LogP contribution in [0.15, 0.2) is 12.1 Å². The highest BCUT2D eigenvalue weighted by Crippen LogP contribution is 2.25. The largest absolute Gasteiger partial charge is 0.378 e. The lowest BCUT2D eigenvalue weighted by Gasteiger charge is -2.39. The molecule has 4 rings (SSSR count). The number of hydrogen-bond acceptors (Lipinski definition) is 8. The third-order valence-electron chi connectivity index (χ3n) is 7.46. The minimum Gasteiger partial charge on any atom is -0.378 e. The number of unbranched alkanes of at least 4 members (excludes halogenated alkanes) is 1. The number of ether oxygens (including phenoxy) is 1. The zero-order chi connectivity index (χ0) is 25.5. The van der Waals surface area contributed by atoms with Crippen LogP contribution in [0, 0.1) is 5.92 Å². The Balaban J connectivity index is 1.24. The van der Waals surface area contributed by atoms with Gasteiger partial charge < -0.3 is 19.4 Å². The highest BCUT2D eigenvalue weighted by molar-refractivity contribution is 7.86. The van der Waals surface area contributed by atoms with Crippen LogP contribution in [0.5, 0.6) is 0 Å². The zero-order valence-electron chi connectivity index (χ0n) is 21.7. The highest BCUT2D eigenvalue weighted by atomic mass is 32.2. The van der Waals surface area contributed by atoms with Gasteiger partial charge in [-0.05, 0) is 31.4 Å². The molecule has 12 heteroatoms. The molecule has 0 N–H and O–H groups in total. The van der Waals surface area contributed by atoms with Crippen molar-refractivity contribution >= 4 is 27.8 Å². The lowest BCUT2D eigenvalue weighted by atomic mass is 9.96. The number of morpholine rings is 1. The molecule has 0 atom stereocenters. The van der Waals surface area contributed by atoms with Crippen molar-refractivity contribution < 1.29 is 17.9 Å². The van der Waals surface area contributed by atoms with Crippen molar-refractivity contribution in [1.82, 2.24) is 23.7 Å². The Kier molecular flexibility index (Phi) is 9.37. The summed E-state index contributed by atoms with van der Waals surface area (Å²) in [7, 11) is -3.46. The van der Waals surface area contributed by atoms with E-state index in [1.807, 2.05) is 24.0 Å². The number of nitrogens with zero attached hydrogens (tertiary/aromatic N) is 7. The first-order valence-electron chi connectivity index (χ1n) is 13.4. The summed E-state index contributed by atoms with van der Waals surface area (Å²) < 4.78 is 34.6. The van der Waals surface area contributed by atoms with Crippen LogP contribution < -0.4 is 9.80 Å². The lowest BCUT2D eigenvalue weighted by Crippen LogP contribution is -2.53. The van der Waals surface area contributed by atoms with Gasteiger partial charge >= 0.3 is 0 Å². The predicted molar refractivity (Wildman–Crippen MR) is 139 cm³/mol. The van der Waals surface area contributed by atoms with E-state index in [0.29, 0.717) is 78.4 Å². The third-order valence-corrected chi connectivity index (χ3v) is 9.57. The van der Waals surface area contributed by atoms with Crippen LogP contribution in [0.3, 0.4) is 0 Å². The van der Waals surface area contributed by atoms with E-state index < -0.39 is 10.2 Å². The molecule has 36 heavy (non-hydrogen) atoms. The number of carbonyl (C=O) groups excluding carboxylic acids is 1. The third kappa shape index (κ3) is 6.27. The van der Waals surface area contributed by atoms with Gasteiger partial charge in [-0.3, -0.25) is 4.79 Å². The van der Waals surface area contributed by atoms with E-state index in [2.05, 4.69) is 26.9 Å². The lowest BCUT2D eigenvalue weighted by molar-refractivity contribution is -0.137. The summed E-state index contributed by atoms with van der Waals surface area (Å²) >= 11 is 0. The Morgan fingerprint density at radius 1 is 0.944 bits per heavy atom. The molecule has 0 spiro atoms. The minimum absolute atomic E-state index is 0.110. The molecule has 3 aliphatic rings. The van der Waals surface area contributed by atoms with Crippen molar-refractivity contribution in [2.75, 3.05) is 88.5 Å². The van der Waals surface area contributed by atoms with Gasteiger partial charge in [0.15, 0.2) is 11.6 Å². The maximum atomic E-state index is 13.2. The summed E-state index contributed by atoms with van der Waals surface area (Å²) in [5, 5.41) is 8.84. The molecule has 0 aromatic carbocycles. The number of piperidine rings is 1. The average molecular weight is 524 g/mol. The number of piperazine rings is 1. The zero-order valence-corrected chi connectivity index (χ0v) is 22.5. The van der Waals surface area contributed by atoms with E-state index >= 15 is 0 Å². The Hall–Kier alpha value is -2.02. The van der Waals surface area contributed by atoms with Crippen LogP contribution in [0.2, 0.25) is 0 Å². The second kappa shape index (κ2) is 12.5. The van der Waals surface area contributed by atoms with Gasteiger partial charge in [0.2, 0.25) is 5.91 Å². The Labute approximate surface area is 215 Å². The molecule has 3 fully saturated rings. The Morgan fingerprint density at radius 3 is 2.06 bits per heavy atom. The van der Waals surface area contributed by atoms with Crippen LogP contribution in [-0.2, 0) is 19.7 Å². The van der Waals surface area contributed by atoms with Crippen molar-refractivity contribution in [2.45, 2.75) is 39.5 Å². The van der Waals surface area contributed by atoms with Crippen molar-refractivity contribution in [3.8, 4) is 0 Å². The summed E-state index contributed by atoms with van der Waals surface area (Å²) in [6.07, 6.45) is 2.98. The number of hydrogen-bond donors (Lipinski definition) is 0. The summed E-state index contributed by atoms with van der Waals surface area (Å²) in [4.78, 5) is 19.5. The summed E-state index contributed by atoms with van der Waals surface area (Å²) in [6.45, 7) is 11.6. The fraction of sp³-hybridized carbons (Fsp3) is 0.792. The van der Waals surface area contributed by atoms with Gasteiger partial charge in [0.1, 0.15) is 0 Å². The van der Waals surface area contributed by atoms with Gasteiger partial charge in [0, 0.05) is 71.4 Å². The van der Waals surface area contributed by atoms with Crippen LogP contribution in [0.1, 0.15) is 39.5 Å². The quantitative estimate of drug-likeness (QED) is 0.473. The second-order valence-corrected chi connectivity index (χ2v) is 11.6. The van der Waals surface area contributed by atoms with E-state index in [-0.39, 0.29) is 11.8 Å². The van der Waals surface area contributed by atoms with Crippen molar-refractivity contribution in [1.29, 1.82) is 0 Å². The van der Waals surface area contributed by atoms with Gasteiger partial charge in [-0.25, -0.2) is 0 Å². The van der Waals surface area contributed by atoms with E-state index in [1.165, 1.54) is 0 Å². The molecular weight excluding hydrogens is 482 g/mol. The number of amides is 1. The molecule has 0 radical (unpaired) electrons. The summed E-state index contributed by atoms with van der Waals surface area (Å²) in [5.41, 5.74) is 0. The highest BCUT2D eigenvalue weighted by Gasteiger charge is 2.36. The van der Waals surface area contributed by atoms with E-state index in [9.17, 15) is 13.2 Å². The molecule has 4 heterocycles. The Morgan fingerprint density at radius 2 is 1.53 bits per heavy atom. The van der Waals surface area contributed by atoms with E-state index in [1.54, 1.807) is 8.61 Å². The summed E-state index contributed by atoms with van der Waals surface area (Å²) in [6, 6.07) is 4.01. The fourth-order valence-electron chi connectivity index (χ4n) is 5.13. The van der Waals surface area contributed by atoms with Crippen molar-refractivity contribution in [3.63, 3.8) is 0 Å². The average Bonchev–Trinajstić information content (AvgIpc) is 2.94.